The average molecular weight is 264 g/mol. The van der Waals surface area contributed by atoms with Gasteiger partial charge in [-0.25, -0.2) is 4.98 Å². The molecule has 19 heavy (non-hydrogen) atoms. The SMILES string of the molecule is CCNc1cncc(C(=O)N2CC(C)OC(C)C2)n1. The van der Waals surface area contributed by atoms with Gasteiger partial charge in [0.1, 0.15) is 11.5 Å². The van der Waals surface area contributed by atoms with E-state index < -0.39 is 0 Å². The minimum absolute atomic E-state index is 0.0533. The number of hydrogen-bond acceptors (Lipinski definition) is 5. The number of carbonyl (C=O) groups is 1. The summed E-state index contributed by atoms with van der Waals surface area (Å²) in [4.78, 5) is 22.5. The molecule has 1 saturated heterocycles. The van der Waals surface area contributed by atoms with E-state index >= 15 is 0 Å². The van der Waals surface area contributed by atoms with Crippen molar-refractivity contribution in [3.8, 4) is 0 Å². The molecule has 0 radical (unpaired) electrons. The molecule has 0 bridgehead atoms. The topological polar surface area (TPSA) is 67.4 Å². The van der Waals surface area contributed by atoms with E-state index in [1.165, 1.54) is 6.20 Å². The third-order valence-corrected chi connectivity index (χ3v) is 2.92. The molecule has 6 nitrogen and oxygen atoms in total. The van der Waals surface area contributed by atoms with Crippen LogP contribution in [0.5, 0.6) is 0 Å². The molecule has 0 aliphatic carbocycles. The van der Waals surface area contributed by atoms with Gasteiger partial charge in [-0.2, -0.15) is 0 Å². The van der Waals surface area contributed by atoms with Crippen LogP contribution >= 0.6 is 0 Å². The number of aromatic nitrogens is 2. The van der Waals surface area contributed by atoms with Gasteiger partial charge in [-0.05, 0) is 20.8 Å². The van der Waals surface area contributed by atoms with E-state index in [1.807, 2.05) is 20.8 Å². The normalized spacial score (nSPS) is 23.2. The lowest BCUT2D eigenvalue weighted by atomic mass is 10.2. The Balaban J connectivity index is 2.12. The number of amides is 1. The molecule has 2 heterocycles. The zero-order valence-corrected chi connectivity index (χ0v) is 11.6. The van der Waals surface area contributed by atoms with Crippen molar-refractivity contribution >= 4 is 11.7 Å². The highest BCUT2D eigenvalue weighted by Crippen LogP contribution is 2.13. The second-order valence-corrected chi connectivity index (χ2v) is 4.79. The first-order valence-electron chi connectivity index (χ1n) is 6.60. The fourth-order valence-electron chi connectivity index (χ4n) is 2.24. The zero-order valence-electron chi connectivity index (χ0n) is 11.6. The molecule has 104 valence electrons. The summed E-state index contributed by atoms with van der Waals surface area (Å²) in [6.45, 7) is 7.85. The molecule has 1 N–H and O–H groups in total. The number of anilines is 1. The number of nitrogens with one attached hydrogen (secondary N) is 1. The molecule has 6 heteroatoms. The summed E-state index contributed by atoms with van der Waals surface area (Å²) in [5.41, 5.74) is 0.375. The van der Waals surface area contributed by atoms with Gasteiger partial charge < -0.3 is 15.0 Å². The smallest absolute Gasteiger partial charge is 0.274 e. The predicted octanol–water partition coefficient (Wildman–Crippen LogP) is 1.16. The fraction of sp³-hybridized carbons (Fsp3) is 0.615. The Morgan fingerprint density at radius 3 is 2.74 bits per heavy atom. The maximum atomic E-state index is 12.4. The predicted molar refractivity (Wildman–Crippen MR) is 72.1 cm³/mol. The maximum absolute atomic E-state index is 12.4. The van der Waals surface area contributed by atoms with Crippen LogP contribution in [-0.4, -0.2) is 52.6 Å². The molecule has 1 aromatic heterocycles. The number of hydrogen-bond donors (Lipinski definition) is 1. The van der Waals surface area contributed by atoms with Gasteiger partial charge in [-0.3, -0.25) is 9.78 Å². The number of rotatable bonds is 3. The quantitative estimate of drug-likeness (QED) is 0.887. The molecule has 0 saturated carbocycles. The van der Waals surface area contributed by atoms with Crippen LogP contribution in [0.4, 0.5) is 5.82 Å². The van der Waals surface area contributed by atoms with Crippen molar-refractivity contribution in [1.82, 2.24) is 14.9 Å². The van der Waals surface area contributed by atoms with Gasteiger partial charge in [-0.1, -0.05) is 0 Å². The first kappa shape index (κ1) is 13.7. The molecular formula is C13H20N4O2. The van der Waals surface area contributed by atoms with E-state index in [-0.39, 0.29) is 18.1 Å². The summed E-state index contributed by atoms with van der Waals surface area (Å²) < 4.78 is 5.62. The van der Waals surface area contributed by atoms with E-state index in [4.69, 9.17) is 4.74 Å². The molecule has 1 fully saturated rings. The fourth-order valence-corrected chi connectivity index (χ4v) is 2.24. The molecule has 1 aliphatic rings. The Morgan fingerprint density at radius 1 is 1.42 bits per heavy atom. The Hall–Kier alpha value is -1.69. The van der Waals surface area contributed by atoms with Gasteiger partial charge in [0.05, 0.1) is 24.6 Å². The Kier molecular flexibility index (Phi) is 4.31. The molecule has 1 amide bonds. The van der Waals surface area contributed by atoms with Gasteiger partial charge in [0, 0.05) is 19.6 Å². The van der Waals surface area contributed by atoms with Crippen LogP contribution in [0.1, 0.15) is 31.3 Å². The van der Waals surface area contributed by atoms with Crippen LogP contribution in [0.15, 0.2) is 12.4 Å². The van der Waals surface area contributed by atoms with Crippen molar-refractivity contribution in [3.05, 3.63) is 18.1 Å². The molecule has 2 atom stereocenters. The molecule has 0 spiro atoms. The summed E-state index contributed by atoms with van der Waals surface area (Å²) in [6.07, 6.45) is 3.23. The summed E-state index contributed by atoms with van der Waals surface area (Å²) in [6, 6.07) is 0. The summed E-state index contributed by atoms with van der Waals surface area (Å²) in [5, 5.41) is 3.05. The van der Waals surface area contributed by atoms with Crippen LogP contribution in [0.2, 0.25) is 0 Å². The third kappa shape index (κ3) is 3.41. The lowest BCUT2D eigenvalue weighted by molar-refractivity contribution is -0.0587. The molecule has 1 aromatic rings. The molecule has 1 aliphatic heterocycles. The highest BCUT2D eigenvalue weighted by Gasteiger charge is 2.27. The third-order valence-electron chi connectivity index (χ3n) is 2.92. The van der Waals surface area contributed by atoms with Crippen LogP contribution < -0.4 is 5.32 Å². The van der Waals surface area contributed by atoms with Crippen molar-refractivity contribution in [3.63, 3.8) is 0 Å². The van der Waals surface area contributed by atoms with Crippen LogP contribution in [0.3, 0.4) is 0 Å². The van der Waals surface area contributed by atoms with Crippen molar-refractivity contribution < 1.29 is 9.53 Å². The minimum atomic E-state index is -0.0887. The monoisotopic (exact) mass is 264 g/mol. The van der Waals surface area contributed by atoms with Crippen molar-refractivity contribution in [2.75, 3.05) is 25.0 Å². The molecule has 2 rings (SSSR count). The molecule has 2 unspecified atom stereocenters. The lowest BCUT2D eigenvalue weighted by Crippen LogP contribution is -2.48. The van der Waals surface area contributed by atoms with Gasteiger partial charge in [0.25, 0.3) is 5.91 Å². The number of ether oxygens (including phenoxy) is 1. The van der Waals surface area contributed by atoms with Crippen LogP contribution in [-0.2, 0) is 4.74 Å². The van der Waals surface area contributed by atoms with Crippen LogP contribution in [0.25, 0.3) is 0 Å². The zero-order chi connectivity index (χ0) is 13.8. The van der Waals surface area contributed by atoms with Crippen LogP contribution in [0, 0.1) is 0 Å². The second-order valence-electron chi connectivity index (χ2n) is 4.79. The van der Waals surface area contributed by atoms with E-state index in [2.05, 4.69) is 15.3 Å². The second kappa shape index (κ2) is 5.97. The number of carbonyl (C=O) groups excluding carboxylic acids is 1. The van der Waals surface area contributed by atoms with E-state index in [9.17, 15) is 4.79 Å². The highest BCUT2D eigenvalue weighted by molar-refractivity contribution is 5.92. The number of nitrogens with zero attached hydrogens (tertiary/aromatic N) is 3. The number of morpholine rings is 1. The summed E-state index contributed by atoms with van der Waals surface area (Å²) in [5.74, 6) is 0.539. The van der Waals surface area contributed by atoms with E-state index in [0.717, 1.165) is 6.54 Å². The molecular weight excluding hydrogens is 244 g/mol. The lowest BCUT2D eigenvalue weighted by Gasteiger charge is -2.35. The van der Waals surface area contributed by atoms with E-state index in [1.54, 1.807) is 11.1 Å². The first-order valence-corrected chi connectivity index (χ1v) is 6.60. The Bertz CT molecular complexity index is 442. The average Bonchev–Trinajstić information content (AvgIpc) is 2.37. The first-order chi connectivity index (χ1) is 9.10. The largest absolute Gasteiger partial charge is 0.372 e. The summed E-state index contributed by atoms with van der Waals surface area (Å²) >= 11 is 0. The minimum Gasteiger partial charge on any atom is -0.372 e. The van der Waals surface area contributed by atoms with Gasteiger partial charge >= 0.3 is 0 Å². The van der Waals surface area contributed by atoms with Crippen molar-refractivity contribution in [2.24, 2.45) is 0 Å². The highest BCUT2D eigenvalue weighted by atomic mass is 16.5. The maximum Gasteiger partial charge on any atom is 0.274 e. The van der Waals surface area contributed by atoms with Gasteiger partial charge in [0.15, 0.2) is 0 Å². The van der Waals surface area contributed by atoms with Gasteiger partial charge in [0.2, 0.25) is 0 Å². The van der Waals surface area contributed by atoms with Gasteiger partial charge in [-0.15, -0.1) is 0 Å². The van der Waals surface area contributed by atoms with E-state index in [0.29, 0.717) is 24.6 Å². The van der Waals surface area contributed by atoms with Crippen molar-refractivity contribution in [2.45, 2.75) is 33.0 Å². The standard InChI is InChI=1S/C13H20N4O2/c1-4-15-12-6-14-5-11(16-12)13(18)17-7-9(2)19-10(3)8-17/h5-6,9-10H,4,7-8H2,1-3H3,(H,15,16). The molecule has 0 aromatic carbocycles. The Morgan fingerprint density at radius 2 is 2.11 bits per heavy atom. The van der Waals surface area contributed by atoms with Crippen molar-refractivity contribution in [1.29, 1.82) is 0 Å². The Labute approximate surface area is 113 Å². The summed E-state index contributed by atoms with van der Waals surface area (Å²) in [7, 11) is 0.